The SMILES string of the molecule is CCCCCS(=O)(=O)C1CCC(NCCC)C1C. The zero-order valence-corrected chi connectivity index (χ0v) is 12.9. The number of unbranched alkanes of at least 4 members (excludes halogenated alkanes) is 2. The molecule has 0 aromatic heterocycles. The lowest BCUT2D eigenvalue weighted by atomic mass is 10.1. The summed E-state index contributed by atoms with van der Waals surface area (Å²) < 4.78 is 24.6. The predicted molar refractivity (Wildman–Crippen MR) is 77.6 cm³/mol. The van der Waals surface area contributed by atoms with Crippen molar-refractivity contribution >= 4 is 9.84 Å². The number of hydrogen-bond acceptors (Lipinski definition) is 3. The van der Waals surface area contributed by atoms with E-state index in [2.05, 4.69) is 26.1 Å². The maximum Gasteiger partial charge on any atom is 0.153 e. The monoisotopic (exact) mass is 275 g/mol. The van der Waals surface area contributed by atoms with Crippen LogP contribution in [0.3, 0.4) is 0 Å². The van der Waals surface area contributed by atoms with Crippen LogP contribution < -0.4 is 5.32 Å². The third kappa shape index (κ3) is 4.23. The smallest absolute Gasteiger partial charge is 0.153 e. The van der Waals surface area contributed by atoms with Crippen molar-refractivity contribution in [2.45, 2.75) is 70.6 Å². The summed E-state index contributed by atoms with van der Waals surface area (Å²) in [6, 6.07) is 0.399. The lowest BCUT2D eigenvalue weighted by molar-refractivity contribution is 0.424. The Labute approximate surface area is 113 Å². The summed E-state index contributed by atoms with van der Waals surface area (Å²) in [6.07, 6.45) is 5.90. The Morgan fingerprint density at radius 2 is 1.83 bits per heavy atom. The molecule has 1 saturated carbocycles. The van der Waals surface area contributed by atoms with Gasteiger partial charge in [0.2, 0.25) is 0 Å². The standard InChI is InChI=1S/C14H29NO2S/c1-4-6-7-11-18(16,17)14-9-8-13(12(14)3)15-10-5-2/h12-15H,4-11H2,1-3H3. The van der Waals surface area contributed by atoms with E-state index >= 15 is 0 Å². The normalized spacial score (nSPS) is 28.7. The summed E-state index contributed by atoms with van der Waals surface area (Å²) in [4.78, 5) is 0. The molecule has 3 atom stereocenters. The fourth-order valence-corrected chi connectivity index (χ4v) is 5.21. The molecule has 0 aliphatic heterocycles. The first-order chi connectivity index (χ1) is 8.53. The van der Waals surface area contributed by atoms with Gasteiger partial charge in [-0.05, 0) is 38.1 Å². The first-order valence-electron chi connectivity index (χ1n) is 7.47. The lowest BCUT2D eigenvalue weighted by Crippen LogP contribution is -2.37. The predicted octanol–water partition coefficient (Wildman–Crippen LogP) is 2.76. The topological polar surface area (TPSA) is 46.2 Å². The molecular formula is C14H29NO2S. The minimum Gasteiger partial charge on any atom is -0.314 e. The summed E-state index contributed by atoms with van der Waals surface area (Å²) in [6.45, 7) is 7.35. The lowest BCUT2D eigenvalue weighted by Gasteiger charge is -2.21. The Morgan fingerprint density at radius 3 is 2.44 bits per heavy atom. The minimum absolute atomic E-state index is 0.108. The molecule has 0 bridgehead atoms. The van der Waals surface area contributed by atoms with E-state index in [1.807, 2.05) is 0 Å². The van der Waals surface area contributed by atoms with Gasteiger partial charge < -0.3 is 5.32 Å². The van der Waals surface area contributed by atoms with Crippen LogP contribution in [0.2, 0.25) is 0 Å². The molecule has 1 fully saturated rings. The largest absolute Gasteiger partial charge is 0.314 e. The molecule has 4 heteroatoms. The fraction of sp³-hybridized carbons (Fsp3) is 1.00. The van der Waals surface area contributed by atoms with Gasteiger partial charge in [0.15, 0.2) is 9.84 Å². The fourth-order valence-electron chi connectivity index (χ4n) is 2.96. The maximum absolute atomic E-state index is 12.3. The minimum atomic E-state index is -2.88. The van der Waals surface area contributed by atoms with Gasteiger partial charge in [0, 0.05) is 6.04 Å². The maximum atomic E-state index is 12.3. The van der Waals surface area contributed by atoms with Crippen LogP contribution in [0.25, 0.3) is 0 Å². The van der Waals surface area contributed by atoms with Crippen molar-refractivity contribution in [2.24, 2.45) is 5.92 Å². The van der Waals surface area contributed by atoms with Crippen LogP contribution in [0.4, 0.5) is 0 Å². The Hall–Kier alpha value is -0.0900. The molecule has 1 N–H and O–H groups in total. The molecule has 108 valence electrons. The van der Waals surface area contributed by atoms with Gasteiger partial charge in [-0.15, -0.1) is 0 Å². The van der Waals surface area contributed by atoms with Crippen LogP contribution in [-0.2, 0) is 9.84 Å². The molecule has 0 aromatic rings. The molecule has 0 heterocycles. The van der Waals surface area contributed by atoms with E-state index in [9.17, 15) is 8.42 Å². The molecule has 3 unspecified atom stereocenters. The van der Waals surface area contributed by atoms with Crippen molar-refractivity contribution in [3.63, 3.8) is 0 Å². The van der Waals surface area contributed by atoms with Crippen LogP contribution >= 0.6 is 0 Å². The van der Waals surface area contributed by atoms with Gasteiger partial charge >= 0.3 is 0 Å². The summed E-state index contributed by atoms with van der Waals surface area (Å²) in [5.41, 5.74) is 0. The zero-order chi connectivity index (χ0) is 13.6. The van der Waals surface area contributed by atoms with Gasteiger partial charge in [-0.25, -0.2) is 8.42 Å². The molecular weight excluding hydrogens is 246 g/mol. The number of hydrogen-bond donors (Lipinski definition) is 1. The van der Waals surface area contributed by atoms with E-state index in [-0.39, 0.29) is 11.2 Å². The summed E-state index contributed by atoms with van der Waals surface area (Å²) in [5.74, 6) is 0.652. The molecule has 3 nitrogen and oxygen atoms in total. The molecule has 1 rings (SSSR count). The highest BCUT2D eigenvalue weighted by atomic mass is 32.2. The van der Waals surface area contributed by atoms with Gasteiger partial charge in [-0.1, -0.05) is 33.6 Å². The van der Waals surface area contributed by atoms with Gasteiger partial charge in [-0.3, -0.25) is 0 Å². The summed E-state index contributed by atoms with van der Waals surface area (Å²) in [7, 11) is -2.88. The van der Waals surface area contributed by atoms with Crippen LogP contribution in [0, 0.1) is 5.92 Å². The van der Waals surface area contributed by atoms with Gasteiger partial charge in [0.1, 0.15) is 0 Å². The third-order valence-corrected chi connectivity index (χ3v) is 6.58. The van der Waals surface area contributed by atoms with E-state index < -0.39 is 9.84 Å². The molecule has 18 heavy (non-hydrogen) atoms. The summed E-state index contributed by atoms with van der Waals surface area (Å²) >= 11 is 0. The molecule has 1 aliphatic rings. The average Bonchev–Trinajstić information content (AvgIpc) is 2.69. The van der Waals surface area contributed by atoms with E-state index in [0.717, 1.165) is 45.1 Å². The van der Waals surface area contributed by atoms with Crippen molar-refractivity contribution in [2.75, 3.05) is 12.3 Å². The Balaban J connectivity index is 2.51. The number of nitrogens with one attached hydrogen (secondary N) is 1. The van der Waals surface area contributed by atoms with Gasteiger partial charge in [0.05, 0.1) is 11.0 Å². The van der Waals surface area contributed by atoms with Crippen molar-refractivity contribution < 1.29 is 8.42 Å². The van der Waals surface area contributed by atoms with Crippen molar-refractivity contribution in [1.29, 1.82) is 0 Å². The molecule has 0 saturated heterocycles. The molecule has 0 radical (unpaired) electrons. The molecule has 1 aliphatic carbocycles. The highest BCUT2D eigenvalue weighted by Crippen LogP contribution is 2.32. The first kappa shape index (κ1) is 16.0. The summed E-state index contributed by atoms with van der Waals surface area (Å²) in [5, 5.41) is 3.38. The highest BCUT2D eigenvalue weighted by molar-refractivity contribution is 7.92. The van der Waals surface area contributed by atoms with Crippen LogP contribution in [0.15, 0.2) is 0 Å². The quantitative estimate of drug-likeness (QED) is 0.693. The van der Waals surface area contributed by atoms with Crippen LogP contribution in [-0.4, -0.2) is 32.0 Å². The highest BCUT2D eigenvalue weighted by Gasteiger charge is 2.39. The van der Waals surface area contributed by atoms with Crippen molar-refractivity contribution in [3.05, 3.63) is 0 Å². The second-order valence-corrected chi connectivity index (χ2v) is 7.95. The van der Waals surface area contributed by atoms with E-state index in [4.69, 9.17) is 0 Å². The van der Waals surface area contributed by atoms with Crippen molar-refractivity contribution in [1.82, 2.24) is 5.32 Å². The second-order valence-electron chi connectivity index (χ2n) is 5.61. The van der Waals surface area contributed by atoms with E-state index in [1.165, 1.54) is 0 Å². The van der Waals surface area contributed by atoms with Gasteiger partial charge in [-0.2, -0.15) is 0 Å². The third-order valence-electron chi connectivity index (χ3n) is 4.13. The first-order valence-corrected chi connectivity index (χ1v) is 9.19. The zero-order valence-electron chi connectivity index (χ0n) is 12.1. The van der Waals surface area contributed by atoms with Gasteiger partial charge in [0.25, 0.3) is 0 Å². The molecule has 0 spiro atoms. The van der Waals surface area contributed by atoms with E-state index in [0.29, 0.717) is 11.8 Å². The van der Waals surface area contributed by atoms with Crippen LogP contribution in [0.1, 0.15) is 59.3 Å². The Bertz CT molecular complexity index is 327. The average molecular weight is 275 g/mol. The number of rotatable bonds is 8. The second kappa shape index (κ2) is 7.49. The molecule has 0 aromatic carbocycles. The van der Waals surface area contributed by atoms with Crippen LogP contribution in [0.5, 0.6) is 0 Å². The van der Waals surface area contributed by atoms with E-state index in [1.54, 1.807) is 0 Å². The number of sulfone groups is 1. The Morgan fingerprint density at radius 1 is 1.11 bits per heavy atom. The Kier molecular flexibility index (Phi) is 6.64. The molecule has 0 amide bonds. The van der Waals surface area contributed by atoms with Crippen molar-refractivity contribution in [3.8, 4) is 0 Å².